The van der Waals surface area contributed by atoms with E-state index in [1.807, 2.05) is 73.8 Å². The van der Waals surface area contributed by atoms with Crippen LogP contribution in [-0.2, 0) is 24.9 Å². The molecule has 2 aromatic carbocycles. The standard InChI is InChI=1S/C29H31N3O5/c1-4-16-35-21-23(33)18-32(19-26-11-8-17-36-26)20-27-28(22-9-6-5-7-10-22)30-31(2)29(27)37-25-14-12-24(34-3)13-15-25/h1,5-15,17,23,33H,16,18-21H2,2-3H3. The quantitative estimate of drug-likeness (QED) is 0.213. The normalized spacial score (nSPS) is 11.9. The first-order valence-electron chi connectivity index (χ1n) is 11.9. The van der Waals surface area contributed by atoms with Gasteiger partial charge in [0.15, 0.2) is 0 Å². The zero-order chi connectivity index (χ0) is 26.0. The Morgan fingerprint density at radius 3 is 2.49 bits per heavy atom. The summed E-state index contributed by atoms with van der Waals surface area (Å²) in [4.78, 5) is 2.08. The van der Waals surface area contributed by atoms with Gasteiger partial charge < -0.3 is 23.7 Å². The van der Waals surface area contributed by atoms with Crippen molar-refractivity contribution in [2.24, 2.45) is 7.05 Å². The number of nitrogens with zero attached hydrogens (tertiary/aromatic N) is 3. The Morgan fingerprint density at radius 2 is 1.81 bits per heavy atom. The Bertz CT molecular complexity index is 1280. The number of terminal acetylenes is 1. The minimum absolute atomic E-state index is 0.132. The molecular weight excluding hydrogens is 470 g/mol. The Balaban J connectivity index is 1.67. The maximum Gasteiger partial charge on any atom is 0.222 e. The number of rotatable bonds is 13. The highest BCUT2D eigenvalue weighted by Crippen LogP contribution is 2.35. The number of aliphatic hydroxyl groups is 1. The van der Waals surface area contributed by atoms with E-state index in [-0.39, 0.29) is 13.2 Å². The van der Waals surface area contributed by atoms with Crippen molar-refractivity contribution >= 4 is 0 Å². The molecule has 4 rings (SSSR count). The minimum Gasteiger partial charge on any atom is -0.497 e. The third kappa shape index (κ3) is 7.02. The summed E-state index contributed by atoms with van der Waals surface area (Å²) in [6, 6.07) is 21.1. The molecule has 0 saturated carbocycles. The van der Waals surface area contributed by atoms with Gasteiger partial charge in [-0.2, -0.15) is 5.10 Å². The molecule has 0 aliphatic heterocycles. The van der Waals surface area contributed by atoms with Gasteiger partial charge in [-0.1, -0.05) is 36.3 Å². The molecule has 0 radical (unpaired) electrons. The molecule has 2 heterocycles. The molecule has 2 aromatic heterocycles. The van der Waals surface area contributed by atoms with Gasteiger partial charge in [0.1, 0.15) is 29.6 Å². The summed E-state index contributed by atoms with van der Waals surface area (Å²) < 4.78 is 24.3. The average Bonchev–Trinajstić information content (AvgIpc) is 3.53. The van der Waals surface area contributed by atoms with Crippen LogP contribution < -0.4 is 9.47 Å². The SMILES string of the molecule is C#CCOCC(O)CN(Cc1ccco1)Cc1c(-c2ccccc2)nn(C)c1Oc1ccc(OC)cc1. The fourth-order valence-electron chi connectivity index (χ4n) is 4.04. The topological polar surface area (TPSA) is 82.1 Å². The van der Waals surface area contributed by atoms with E-state index in [1.54, 1.807) is 18.1 Å². The van der Waals surface area contributed by atoms with Crippen molar-refractivity contribution in [1.29, 1.82) is 0 Å². The van der Waals surface area contributed by atoms with Gasteiger partial charge in [0.2, 0.25) is 5.88 Å². The molecule has 1 atom stereocenters. The van der Waals surface area contributed by atoms with E-state index in [4.69, 9.17) is 30.1 Å². The second-order valence-electron chi connectivity index (χ2n) is 8.52. The van der Waals surface area contributed by atoms with Crippen LogP contribution in [0.1, 0.15) is 11.3 Å². The Kier molecular flexibility index (Phi) is 9.00. The molecule has 4 aromatic rings. The van der Waals surface area contributed by atoms with E-state index in [0.717, 1.165) is 28.3 Å². The van der Waals surface area contributed by atoms with Crippen LogP contribution in [0, 0.1) is 12.3 Å². The number of aromatic nitrogens is 2. The van der Waals surface area contributed by atoms with Crippen molar-refractivity contribution in [3.8, 4) is 41.0 Å². The lowest BCUT2D eigenvalue weighted by Gasteiger charge is -2.24. The number of ether oxygens (including phenoxy) is 3. The van der Waals surface area contributed by atoms with E-state index in [9.17, 15) is 5.11 Å². The molecule has 8 heteroatoms. The van der Waals surface area contributed by atoms with Crippen LogP contribution in [0.2, 0.25) is 0 Å². The summed E-state index contributed by atoms with van der Waals surface area (Å²) in [6.45, 7) is 1.53. The lowest BCUT2D eigenvalue weighted by molar-refractivity contribution is 0.0229. The molecule has 0 bridgehead atoms. The third-order valence-corrected chi connectivity index (χ3v) is 5.71. The largest absolute Gasteiger partial charge is 0.497 e. The average molecular weight is 502 g/mol. The lowest BCUT2D eigenvalue weighted by atomic mass is 10.1. The predicted octanol–water partition coefficient (Wildman–Crippen LogP) is 4.49. The molecule has 0 amide bonds. The molecule has 0 aliphatic rings. The smallest absolute Gasteiger partial charge is 0.222 e. The van der Waals surface area contributed by atoms with Gasteiger partial charge in [-0.15, -0.1) is 6.42 Å². The van der Waals surface area contributed by atoms with Gasteiger partial charge in [0.05, 0.1) is 38.2 Å². The van der Waals surface area contributed by atoms with Crippen LogP contribution >= 0.6 is 0 Å². The number of aliphatic hydroxyl groups excluding tert-OH is 1. The summed E-state index contributed by atoms with van der Waals surface area (Å²) in [5.74, 6) is 5.20. The van der Waals surface area contributed by atoms with E-state index in [0.29, 0.717) is 31.3 Å². The number of benzene rings is 2. The Hall–Kier alpha value is -4.03. The Labute approximate surface area is 217 Å². The molecular formula is C29H31N3O5. The number of aryl methyl sites for hydroxylation is 1. The zero-order valence-corrected chi connectivity index (χ0v) is 21.0. The van der Waals surface area contributed by atoms with E-state index < -0.39 is 6.10 Å². The Morgan fingerprint density at radius 1 is 1.05 bits per heavy atom. The van der Waals surface area contributed by atoms with Crippen molar-refractivity contribution in [2.45, 2.75) is 19.2 Å². The second kappa shape index (κ2) is 12.8. The molecule has 37 heavy (non-hydrogen) atoms. The van der Waals surface area contributed by atoms with E-state index in [1.165, 1.54) is 0 Å². The van der Waals surface area contributed by atoms with Gasteiger partial charge in [0, 0.05) is 25.7 Å². The number of hydrogen-bond donors (Lipinski definition) is 1. The summed E-state index contributed by atoms with van der Waals surface area (Å²) >= 11 is 0. The summed E-state index contributed by atoms with van der Waals surface area (Å²) in [6.07, 6.45) is 6.16. The van der Waals surface area contributed by atoms with Gasteiger partial charge in [0.25, 0.3) is 0 Å². The predicted molar refractivity (Wildman–Crippen MR) is 140 cm³/mol. The number of methoxy groups -OCH3 is 1. The fourth-order valence-corrected chi connectivity index (χ4v) is 4.04. The molecule has 8 nitrogen and oxygen atoms in total. The van der Waals surface area contributed by atoms with Crippen LogP contribution in [0.5, 0.6) is 17.4 Å². The van der Waals surface area contributed by atoms with Crippen LogP contribution in [0.15, 0.2) is 77.4 Å². The first kappa shape index (κ1) is 26.0. The summed E-state index contributed by atoms with van der Waals surface area (Å²) in [5, 5.41) is 15.5. The van der Waals surface area contributed by atoms with Crippen molar-refractivity contribution in [2.75, 3.05) is 26.9 Å². The molecule has 0 aliphatic carbocycles. The molecule has 1 N–H and O–H groups in total. The van der Waals surface area contributed by atoms with Gasteiger partial charge in [-0.3, -0.25) is 4.90 Å². The monoisotopic (exact) mass is 501 g/mol. The summed E-state index contributed by atoms with van der Waals surface area (Å²) in [7, 11) is 3.48. The molecule has 0 spiro atoms. The van der Waals surface area contributed by atoms with Crippen molar-refractivity contribution in [3.05, 3.63) is 84.3 Å². The third-order valence-electron chi connectivity index (χ3n) is 5.71. The number of furan rings is 1. The molecule has 0 fully saturated rings. The van der Waals surface area contributed by atoms with E-state index in [2.05, 4.69) is 10.8 Å². The highest BCUT2D eigenvalue weighted by molar-refractivity contribution is 5.65. The van der Waals surface area contributed by atoms with E-state index >= 15 is 0 Å². The summed E-state index contributed by atoms with van der Waals surface area (Å²) in [5.41, 5.74) is 2.65. The number of hydrogen-bond acceptors (Lipinski definition) is 7. The highest BCUT2D eigenvalue weighted by atomic mass is 16.5. The van der Waals surface area contributed by atoms with Gasteiger partial charge >= 0.3 is 0 Å². The maximum absolute atomic E-state index is 10.7. The molecule has 1 unspecified atom stereocenters. The molecule has 0 saturated heterocycles. The zero-order valence-electron chi connectivity index (χ0n) is 21.0. The fraction of sp³-hybridized carbons (Fsp3) is 0.276. The van der Waals surface area contributed by atoms with Crippen LogP contribution in [-0.4, -0.2) is 52.8 Å². The lowest BCUT2D eigenvalue weighted by Crippen LogP contribution is -2.34. The first-order chi connectivity index (χ1) is 18.1. The highest BCUT2D eigenvalue weighted by Gasteiger charge is 2.24. The van der Waals surface area contributed by atoms with Crippen LogP contribution in [0.3, 0.4) is 0 Å². The maximum atomic E-state index is 10.7. The van der Waals surface area contributed by atoms with Gasteiger partial charge in [-0.25, -0.2) is 4.68 Å². The van der Waals surface area contributed by atoms with Crippen molar-refractivity contribution in [1.82, 2.24) is 14.7 Å². The van der Waals surface area contributed by atoms with Crippen molar-refractivity contribution < 1.29 is 23.7 Å². The second-order valence-corrected chi connectivity index (χ2v) is 8.52. The van der Waals surface area contributed by atoms with Crippen molar-refractivity contribution in [3.63, 3.8) is 0 Å². The first-order valence-corrected chi connectivity index (χ1v) is 11.9. The van der Waals surface area contributed by atoms with Crippen LogP contribution in [0.25, 0.3) is 11.3 Å². The minimum atomic E-state index is -0.744. The molecule has 192 valence electrons. The van der Waals surface area contributed by atoms with Gasteiger partial charge in [-0.05, 0) is 36.4 Å². The van der Waals surface area contributed by atoms with Crippen LogP contribution in [0.4, 0.5) is 0 Å².